The van der Waals surface area contributed by atoms with Gasteiger partial charge in [0, 0.05) is 18.3 Å². The van der Waals surface area contributed by atoms with Crippen molar-refractivity contribution in [3.63, 3.8) is 0 Å². The highest BCUT2D eigenvalue weighted by Crippen LogP contribution is 2.19. The summed E-state index contributed by atoms with van der Waals surface area (Å²) < 4.78 is 0. The van der Waals surface area contributed by atoms with Crippen LogP contribution in [0, 0.1) is 6.92 Å². The average Bonchev–Trinajstić information content (AvgIpc) is 3.25. The van der Waals surface area contributed by atoms with E-state index in [0.29, 0.717) is 12.3 Å². The summed E-state index contributed by atoms with van der Waals surface area (Å²) in [5.41, 5.74) is 3.48. The lowest BCUT2D eigenvalue weighted by molar-refractivity contribution is -0.138. The molecule has 1 N–H and O–H groups in total. The number of nitrogens with one attached hydrogen (secondary N) is 1. The molecule has 0 spiro atoms. The maximum Gasteiger partial charge on any atom is 0.242 e. The molecular formula is C25H32N2O2S. The Morgan fingerprint density at radius 1 is 1.07 bits per heavy atom. The lowest BCUT2D eigenvalue weighted by Gasteiger charge is -2.29. The van der Waals surface area contributed by atoms with Crippen LogP contribution >= 0.6 is 11.8 Å². The molecule has 1 aliphatic rings. The van der Waals surface area contributed by atoms with Crippen molar-refractivity contribution in [2.24, 2.45) is 0 Å². The Bertz CT molecular complexity index is 834. The molecule has 0 bridgehead atoms. The normalized spacial score (nSPS) is 15.0. The van der Waals surface area contributed by atoms with E-state index in [2.05, 4.69) is 30.4 Å². The van der Waals surface area contributed by atoms with Crippen LogP contribution in [-0.4, -0.2) is 34.6 Å². The van der Waals surface area contributed by atoms with Gasteiger partial charge in [0.1, 0.15) is 6.04 Å². The van der Waals surface area contributed by atoms with Crippen LogP contribution in [0.25, 0.3) is 0 Å². The van der Waals surface area contributed by atoms with Crippen LogP contribution in [0.2, 0.25) is 0 Å². The first-order chi connectivity index (χ1) is 14.5. The number of carbonyl (C=O) groups is 2. The van der Waals surface area contributed by atoms with Gasteiger partial charge in [-0.2, -0.15) is 0 Å². The molecule has 4 nitrogen and oxygen atoms in total. The summed E-state index contributed by atoms with van der Waals surface area (Å²) in [6.45, 7) is 4.37. The molecule has 0 heterocycles. The summed E-state index contributed by atoms with van der Waals surface area (Å²) in [5.74, 6) is 1.11. The Labute approximate surface area is 184 Å². The number of aryl methyl sites for hydroxylation is 1. The first-order valence-corrected chi connectivity index (χ1v) is 12.0. The number of amides is 2. The minimum atomic E-state index is -0.488. The maximum atomic E-state index is 13.1. The molecule has 0 radical (unpaired) electrons. The van der Waals surface area contributed by atoms with Crippen molar-refractivity contribution in [2.75, 3.05) is 5.75 Å². The van der Waals surface area contributed by atoms with Gasteiger partial charge < -0.3 is 10.2 Å². The second-order valence-corrected chi connectivity index (χ2v) is 9.14. The predicted molar refractivity (Wildman–Crippen MR) is 124 cm³/mol. The molecule has 2 amide bonds. The van der Waals surface area contributed by atoms with Gasteiger partial charge in [-0.1, -0.05) is 73.0 Å². The van der Waals surface area contributed by atoms with Crippen molar-refractivity contribution >= 4 is 23.6 Å². The van der Waals surface area contributed by atoms with E-state index in [1.807, 2.05) is 43.3 Å². The standard InChI is InChI=1S/C25H32N2O2S/c1-19-9-8-12-22(15-19)17-30-18-24(28)27(16-21-10-4-3-5-11-21)20(2)25(29)26-23-13-6-7-14-23/h3-5,8-12,15,20,23H,6-7,13-14,16-18H2,1-2H3,(H,26,29)/t20-/m0/s1. The minimum Gasteiger partial charge on any atom is -0.352 e. The van der Waals surface area contributed by atoms with E-state index in [1.165, 1.54) is 24.0 Å². The van der Waals surface area contributed by atoms with E-state index in [9.17, 15) is 9.59 Å². The Balaban J connectivity index is 1.63. The van der Waals surface area contributed by atoms with Crippen molar-refractivity contribution in [2.45, 2.75) is 63.9 Å². The summed E-state index contributed by atoms with van der Waals surface area (Å²) in [5, 5.41) is 3.15. The summed E-state index contributed by atoms with van der Waals surface area (Å²) >= 11 is 1.60. The summed E-state index contributed by atoms with van der Waals surface area (Å²) in [4.78, 5) is 27.7. The quantitative estimate of drug-likeness (QED) is 0.634. The van der Waals surface area contributed by atoms with Crippen LogP contribution in [0.15, 0.2) is 54.6 Å². The molecule has 160 valence electrons. The molecule has 0 aliphatic heterocycles. The molecule has 1 saturated carbocycles. The molecule has 1 atom stereocenters. The van der Waals surface area contributed by atoms with Gasteiger partial charge in [-0.15, -0.1) is 11.8 Å². The lowest BCUT2D eigenvalue weighted by Crippen LogP contribution is -2.50. The van der Waals surface area contributed by atoms with Gasteiger partial charge in [0.2, 0.25) is 11.8 Å². The topological polar surface area (TPSA) is 49.4 Å². The van der Waals surface area contributed by atoms with Crippen molar-refractivity contribution in [3.05, 3.63) is 71.3 Å². The van der Waals surface area contributed by atoms with Gasteiger partial charge in [0.05, 0.1) is 5.75 Å². The number of rotatable bonds is 9. The van der Waals surface area contributed by atoms with E-state index in [4.69, 9.17) is 0 Å². The predicted octanol–water partition coefficient (Wildman–Crippen LogP) is 4.70. The fourth-order valence-electron chi connectivity index (χ4n) is 3.90. The lowest BCUT2D eigenvalue weighted by atomic mass is 10.1. The molecule has 5 heteroatoms. The second kappa shape index (κ2) is 11.2. The van der Waals surface area contributed by atoms with Crippen molar-refractivity contribution in [3.8, 4) is 0 Å². The summed E-state index contributed by atoms with van der Waals surface area (Å²) in [7, 11) is 0. The fraction of sp³-hybridized carbons (Fsp3) is 0.440. The van der Waals surface area contributed by atoms with Crippen LogP contribution in [-0.2, 0) is 21.9 Å². The highest BCUT2D eigenvalue weighted by Gasteiger charge is 2.28. The molecule has 1 fully saturated rings. The number of carbonyl (C=O) groups excluding carboxylic acids is 2. The van der Waals surface area contributed by atoms with Crippen LogP contribution in [0.5, 0.6) is 0 Å². The monoisotopic (exact) mass is 424 g/mol. The van der Waals surface area contributed by atoms with E-state index in [0.717, 1.165) is 24.2 Å². The third-order valence-corrected chi connectivity index (χ3v) is 6.63. The Hall–Kier alpha value is -2.27. The zero-order valence-corrected chi connectivity index (χ0v) is 18.8. The van der Waals surface area contributed by atoms with Gasteiger partial charge in [0.15, 0.2) is 0 Å². The maximum absolute atomic E-state index is 13.1. The van der Waals surface area contributed by atoms with E-state index < -0.39 is 6.04 Å². The molecule has 0 unspecified atom stereocenters. The highest BCUT2D eigenvalue weighted by atomic mass is 32.2. The largest absolute Gasteiger partial charge is 0.352 e. The highest BCUT2D eigenvalue weighted by molar-refractivity contribution is 7.99. The number of benzene rings is 2. The number of hydrogen-bond donors (Lipinski definition) is 1. The van der Waals surface area contributed by atoms with Crippen molar-refractivity contribution in [1.82, 2.24) is 10.2 Å². The third kappa shape index (κ3) is 6.63. The van der Waals surface area contributed by atoms with Gasteiger partial charge in [-0.25, -0.2) is 0 Å². The molecular weight excluding hydrogens is 392 g/mol. The first kappa shape index (κ1) is 22.4. The van der Waals surface area contributed by atoms with Gasteiger partial charge in [-0.05, 0) is 37.8 Å². The molecule has 0 saturated heterocycles. The minimum absolute atomic E-state index is 0.00516. The molecule has 2 aromatic rings. The Morgan fingerprint density at radius 2 is 1.77 bits per heavy atom. The number of hydrogen-bond acceptors (Lipinski definition) is 3. The van der Waals surface area contributed by atoms with Crippen LogP contribution in [0.3, 0.4) is 0 Å². The molecule has 3 rings (SSSR count). The van der Waals surface area contributed by atoms with E-state index in [1.54, 1.807) is 16.7 Å². The Morgan fingerprint density at radius 3 is 2.47 bits per heavy atom. The van der Waals surface area contributed by atoms with Crippen molar-refractivity contribution < 1.29 is 9.59 Å². The zero-order chi connectivity index (χ0) is 21.3. The van der Waals surface area contributed by atoms with Crippen LogP contribution in [0.1, 0.15) is 49.3 Å². The average molecular weight is 425 g/mol. The summed E-state index contributed by atoms with van der Waals surface area (Å²) in [6, 6.07) is 18.0. The van der Waals surface area contributed by atoms with Gasteiger partial charge in [-0.3, -0.25) is 9.59 Å². The van der Waals surface area contributed by atoms with Crippen molar-refractivity contribution in [1.29, 1.82) is 0 Å². The van der Waals surface area contributed by atoms with E-state index >= 15 is 0 Å². The third-order valence-electron chi connectivity index (χ3n) is 5.64. The molecule has 1 aliphatic carbocycles. The molecule has 30 heavy (non-hydrogen) atoms. The smallest absolute Gasteiger partial charge is 0.242 e. The number of thioether (sulfide) groups is 1. The van der Waals surface area contributed by atoms with Gasteiger partial charge >= 0.3 is 0 Å². The fourth-order valence-corrected chi connectivity index (χ4v) is 4.75. The van der Waals surface area contributed by atoms with E-state index in [-0.39, 0.29) is 17.9 Å². The number of nitrogens with zero attached hydrogens (tertiary/aromatic N) is 1. The summed E-state index contributed by atoms with van der Waals surface area (Å²) in [6.07, 6.45) is 4.41. The first-order valence-electron chi connectivity index (χ1n) is 10.8. The molecule has 2 aromatic carbocycles. The SMILES string of the molecule is Cc1cccc(CSCC(=O)N(Cc2ccccc2)[C@@H](C)C(=O)NC2CCCC2)c1. The second-order valence-electron chi connectivity index (χ2n) is 8.16. The zero-order valence-electron chi connectivity index (χ0n) is 18.0. The van der Waals surface area contributed by atoms with Crippen LogP contribution in [0.4, 0.5) is 0 Å². The van der Waals surface area contributed by atoms with Gasteiger partial charge in [0.25, 0.3) is 0 Å². The molecule has 0 aromatic heterocycles. The Kier molecular flexibility index (Phi) is 8.38. The van der Waals surface area contributed by atoms with Crippen LogP contribution < -0.4 is 5.32 Å².